The van der Waals surface area contributed by atoms with Crippen molar-refractivity contribution in [3.8, 4) is 0 Å². The lowest BCUT2D eigenvalue weighted by molar-refractivity contribution is 0.0750. The zero-order valence-electron chi connectivity index (χ0n) is 17.6. The highest BCUT2D eigenvalue weighted by Crippen LogP contribution is 2.30. The smallest absolute Gasteiger partial charge is 0.289 e. The molecule has 0 spiro atoms. The van der Waals surface area contributed by atoms with E-state index in [2.05, 4.69) is 15.5 Å². The standard InChI is InChI=1S/C24H24N4O3/c1-16-21-19(26-27-23(29)18-10-7-13-25-14-18)11-6-12-20(21)31-22(16)24(30)28(2)15-17-8-4-3-5-9-17/h3-5,7-10,13-14H,6,11-12,15H2,1-2H3,(H,27,29)/b26-19+. The Labute approximate surface area is 180 Å². The molecule has 0 saturated carbocycles. The third-order valence-corrected chi connectivity index (χ3v) is 5.35. The number of carbonyl (C=O) groups is 2. The first-order chi connectivity index (χ1) is 15.0. The number of nitrogens with zero attached hydrogens (tertiary/aromatic N) is 3. The lowest BCUT2D eigenvalue weighted by atomic mass is 9.93. The summed E-state index contributed by atoms with van der Waals surface area (Å²) in [6.45, 7) is 2.36. The lowest BCUT2D eigenvalue weighted by Gasteiger charge is -2.16. The summed E-state index contributed by atoms with van der Waals surface area (Å²) in [5.74, 6) is 0.577. The Morgan fingerprint density at radius 1 is 1.16 bits per heavy atom. The van der Waals surface area contributed by atoms with Crippen molar-refractivity contribution in [2.24, 2.45) is 5.10 Å². The van der Waals surface area contributed by atoms with Crippen molar-refractivity contribution >= 4 is 17.5 Å². The maximum atomic E-state index is 13.1. The minimum atomic E-state index is -0.326. The monoisotopic (exact) mass is 416 g/mol. The molecule has 0 bridgehead atoms. The lowest BCUT2D eigenvalue weighted by Crippen LogP contribution is -2.26. The van der Waals surface area contributed by atoms with Crippen molar-refractivity contribution in [1.29, 1.82) is 0 Å². The Balaban J connectivity index is 1.55. The number of aryl methyl sites for hydroxylation is 1. The predicted octanol–water partition coefficient (Wildman–Crippen LogP) is 3.73. The van der Waals surface area contributed by atoms with E-state index in [0.717, 1.165) is 41.0 Å². The summed E-state index contributed by atoms with van der Waals surface area (Å²) < 4.78 is 5.98. The summed E-state index contributed by atoms with van der Waals surface area (Å²) in [6.07, 6.45) is 5.38. The largest absolute Gasteiger partial charge is 0.455 e. The average molecular weight is 416 g/mol. The molecule has 2 heterocycles. The summed E-state index contributed by atoms with van der Waals surface area (Å²) >= 11 is 0. The van der Waals surface area contributed by atoms with Crippen LogP contribution in [0.1, 0.15) is 56.2 Å². The molecule has 0 aliphatic heterocycles. The maximum absolute atomic E-state index is 13.1. The number of hydrazone groups is 1. The third kappa shape index (κ3) is 4.40. The van der Waals surface area contributed by atoms with Crippen molar-refractivity contribution in [2.75, 3.05) is 7.05 Å². The first-order valence-corrected chi connectivity index (χ1v) is 10.2. The number of rotatable bonds is 5. The minimum absolute atomic E-state index is 0.172. The Morgan fingerprint density at radius 3 is 2.71 bits per heavy atom. The van der Waals surface area contributed by atoms with Gasteiger partial charge in [-0.1, -0.05) is 30.3 Å². The predicted molar refractivity (Wildman–Crippen MR) is 117 cm³/mol. The van der Waals surface area contributed by atoms with Crippen molar-refractivity contribution in [1.82, 2.24) is 15.3 Å². The van der Waals surface area contributed by atoms with Crippen LogP contribution >= 0.6 is 0 Å². The molecule has 3 aromatic rings. The molecule has 2 aromatic heterocycles. The highest BCUT2D eigenvalue weighted by molar-refractivity contribution is 6.07. The summed E-state index contributed by atoms with van der Waals surface area (Å²) in [5.41, 5.74) is 6.40. The van der Waals surface area contributed by atoms with Gasteiger partial charge in [0.2, 0.25) is 0 Å². The Morgan fingerprint density at radius 2 is 1.97 bits per heavy atom. The fourth-order valence-electron chi connectivity index (χ4n) is 3.77. The number of hydrogen-bond donors (Lipinski definition) is 1. The van der Waals surface area contributed by atoms with Gasteiger partial charge in [0.25, 0.3) is 11.8 Å². The number of hydrogen-bond acceptors (Lipinski definition) is 5. The molecule has 2 amide bonds. The van der Waals surface area contributed by atoms with Crippen LogP contribution in [0.4, 0.5) is 0 Å². The van der Waals surface area contributed by atoms with E-state index in [-0.39, 0.29) is 11.8 Å². The van der Waals surface area contributed by atoms with E-state index in [1.807, 2.05) is 37.3 Å². The molecule has 31 heavy (non-hydrogen) atoms. The molecule has 1 aliphatic rings. The van der Waals surface area contributed by atoms with Crippen LogP contribution in [0.5, 0.6) is 0 Å². The molecular weight excluding hydrogens is 392 g/mol. The van der Waals surface area contributed by atoms with E-state index in [4.69, 9.17) is 4.42 Å². The zero-order valence-corrected chi connectivity index (χ0v) is 17.6. The number of fused-ring (bicyclic) bond motifs is 1. The van der Waals surface area contributed by atoms with Gasteiger partial charge in [0.1, 0.15) is 5.76 Å². The van der Waals surface area contributed by atoms with Crippen molar-refractivity contribution in [3.63, 3.8) is 0 Å². The number of carbonyl (C=O) groups excluding carboxylic acids is 2. The number of pyridine rings is 1. The van der Waals surface area contributed by atoms with E-state index in [1.54, 1.807) is 30.3 Å². The fraction of sp³-hybridized carbons (Fsp3) is 0.250. The van der Waals surface area contributed by atoms with Crippen LogP contribution < -0.4 is 5.43 Å². The molecule has 0 saturated heterocycles. The molecule has 0 unspecified atom stereocenters. The van der Waals surface area contributed by atoms with Gasteiger partial charge in [0.05, 0.1) is 11.3 Å². The number of aromatic nitrogens is 1. The van der Waals surface area contributed by atoms with Crippen molar-refractivity contribution < 1.29 is 14.0 Å². The summed E-state index contributed by atoms with van der Waals surface area (Å²) in [4.78, 5) is 31.0. The Kier molecular flexibility index (Phi) is 5.93. The number of benzene rings is 1. The van der Waals surface area contributed by atoms with Crippen LogP contribution in [0.25, 0.3) is 0 Å². The molecule has 0 fully saturated rings. The first-order valence-electron chi connectivity index (χ1n) is 10.2. The number of amides is 2. The van der Waals surface area contributed by atoms with E-state index in [1.165, 1.54) is 6.20 Å². The van der Waals surface area contributed by atoms with E-state index < -0.39 is 0 Å². The van der Waals surface area contributed by atoms with Crippen LogP contribution in [0.15, 0.2) is 64.4 Å². The summed E-state index contributed by atoms with van der Waals surface area (Å²) in [5, 5.41) is 4.35. The van der Waals surface area contributed by atoms with E-state index in [9.17, 15) is 9.59 Å². The van der Waals surface area contributed by atoms with Gasteiger partial charge in [0, 0.05) is 43.5 Å². The third-order valence-electron chi connectivity index (χ3n) is 5.35. The van der Waals surface area contributed by atoms with Crippen molar-refractivity contribution in [2.45, 2.75) is 32.7 Å². The SMILES string of the molecule is Cc1c(C(=O)N(C)Cc2ccccc2)oc2c1/C(=N/NC(=O)c1cccnc1)CCC2. The second-order valence-electron chi connectivity index (χ2n) is 7.60. The topological polar surface area (TPSA) is 87.8 Å². The average Bonchev–Trinajstić information content (AvgIpc) is 3.15. The molecule has 0 atom stereocenters. The maximum Gasteiger partial charge on any atom is 0.289 e. The van der Waals surface area contributed by atoms with E-state index in [0.29, 0.717) is 24.3 Å². The molecule has 4 rings (SSSR count). The highest BCUT2D eigenvalue weighted by atomic mass is 16.4. The quantitative estimate of drug-likeness (QED) is 0.642. The first kappa shape index (κ1) is 20.5. The Hall–Kier alpha value is -3.74. The second-order valence-corrected chi connectivity index (χ2v) is 7.60. The highest BCUT2D eigenvalue weighted by Gasteiger charge is 2.29. The molecule has 1 aliphatic carbocycles. The summed E-state index contributed by atoms with van der Waals surface area (Å²) in [6, 6.07) is 13.2. The molecule has 7 nitrogen and oxygen atoms in total. The molecule has 1 N–H and O–H groups in total. The van der Waals surface area contributed by atoms with Crippen LogP contribution in [0.2, 0.25) is 0 Å². The van der Waals surface area contributed by atoms with Gasteiger partial charge in [-0.15, -0.1) is 0 Å². The van der Waals surface area contributed by atoms with E-state index >= 15 is 0 Å². The normalized spacial score (nSPS) is 14.2. The minimum Gasteiger partial charge on any atom is -0.455 e. The van der Waals surface area contributed by atoms with Gasteiger partial charge in [-0.05, 0) is 37.5 Å². The zero-order chi connectivity index (χ0) is 21.8. The fourth-order valence-corrected chi connectivity index (χ4v) is 3.77. The van der Waals surface area contributed by atoms with Crippen LogP contribution in [0, 0.1) is 6.92 Å². The molecule has 158 valence electrons. The molecule has 1 aromatic carbocycles. The summed E-state index contributed by atoms with van der Waals surface area (Å²) in [7, 11) is 1.76. The Bertz CT molecular complexity index is 1120. The second kappa shape index (κ2) is 8.95. The molecular formula is C24H24N4O3. The van der Waals surface area contributed by atoms with Gasteiger partial charge >= 0.3 is 0 Å². The van der Waals surface area contributed by atoms with Gasteiger partial charge in [0.15, 0.2) is 5.76 Å². The van der Waals surface area contributed by atoms with Crippen LogP contribution in [-0.4, -0.2) is 34.5 Å². The van der Waals surface area contributed by atoms with Gasteiger partial charge in [-0.25, -0.2) is 5.43 Å². The van der Waals surface area contributed by atoms with Crippen LogP contribution in [-0.2, 0) is 13.0 Å². The number of nitrogens with one attached hydrogen (secondary N) is 1. The van der Waals surface area contributed by atoms with Crippen molar-refractivity contribution in [3.05, 3.63) is 88.6 Å². The van der Waals surface area contributed by atoms with Gasteiger partial charge in [-0.2, -0.15) is 5.10 Å². The molecule has 0 radical (unpaired) electrons. The van der Waals surface area contributed by atoms with Gasteiger partial charge in [-0.3, -0.25) is 14.6 Å². The number of furan rings is 1. The van der Waals surface area contributed by atoms with Gasteiger partial charge < -0.3 is 9.32 Å². The van der Waals surface area contributed by atoms with Crippen LogP contribution in [0.3, 0.4) is 0 Å². The molecule has 7 heteroatoms.